The van der Waals surface area contributed by atoms with Gasteiger partial charge >= 0.3 is 0 Å². The lowest BCUT2D eigenvalue weighted by Gasteiger charge is -2.12. The highest BCUT2D eigenvalue weighted by Gasteiger charge is 2.27. The standard InChI is InChI=1S/C14H16N4O2S2/c1-2-3-9-6-12(20)18-10(8-22-14(18)16-9)7-11(19)17-13-15-4-5-21-13/h4-6,10H,2-3,7-8H2,1H3,(H,15,17,19). The first-order chi connectivity index (χ1) is 10.7. The molecule has 1 N–H and O–H groups in total. The number of fused-ring (bicyclic) bond motifs is 1. The topological polar surface area (TPSA) is 76.9 Å². The van der Waals surface area contributed by atoms with Crippen molar-refractivity contribution in [3.05, 3.63) is 33.7 Å². The highest BCUT2D eigenvalue weighted by molar-refractivity contribution is 7.99. The van der Waals surface area contributed by atoms with Gasteiger partial charge in [-0.2, -0.15) is 0 Å². The monoisotopic (exact) mass is 336 g/mol. The lowest BCUT2D eigenvalue weighted by Crippen LogP contribution is -2.27. The number of aromatic nitrogens is 3. The number of thioether (sulfide) groups is 1. The molecule has 0 radical (unpaired) electrons. The minimum absolute atomic E-state index is 0.0644. The molecule has 0 spiro atoms. The van der Waals surface area contributed by atoms with E-state index in [9.17, 15) is 9.59 Å². The van der Waals surface area contributed by atoms with Gasteiger partial charge in [-0.15, -0.1) is 11.3 Å². The first kappa shape index (κ1) is 15.2. The number of amides is 1. The molecule has 1 unspecified atom stereocenters. The van der Waals surface area contributed by atoms with Crippen LogP contribution in [0.3, 0.4) is 0 Å². The Kier molecular flexibility index (Phi) is 4.58. The van der Waals surface area contributed by atoms with E-state index in [0.29, 0.717) is 10.9 Å². The molecule has 3 heterocycles. The summed E-state index contributed by atoms with van der Waals surface area (Å²) in [6, 6.07) is 1.44. The molecule has 2 aromatic heterocycles. The molecule has 8 heteroatoms. The Morgan fingerprint density at radius 2 is 2.41 bits per heavy atom. The van der Waals surface area contributed by atoms with Crippen molar-refractivity contribution in [1.82, 2.24) is 14.5 Å². The number of aryl methyl sites for hydroxylation is 1. The van der Waals surface area contributed by atoms with Gasteiger partial charge in [0.05, 0.1) is 6.04 Å². The normalized spacial score (nSPS) is 16.5. The third-order valence-electron chi connectivity index (χ3n) is 3.35. The molecule has 0 aliphatic carbocycles. The number of carbonyl (C=O) groups excluding carboxylic acids is 1. The summed E-state index contributed by atoms with van der Waals surface area (Å²) < 4.78 is 1.64. The van der Waals surface area contributed by atoms with Crippen molar-refractivity contribution >= 4 is 34.1 Å². The fourth-order valence-corrected chi connectivity index (χ4v) is 4.12. The maximum Gasteiger partial charge on any atom is 0.254 e. The number of thiazole rings is 1. The molecule has 0 saturated heterocycles. The quantitative estimate of drug-likeness (QED) is 0.848. The third-order valence-corrected chi connectivity index (χ3v) is 5.13. The van der Waals surface area contributed by atoms with Gasteiger partial charge in [-0.25, -0.2) is 9.97 Å². The first-order valence-corrected chi connectivity index (χ1v) is 8.98. The lowest BCUT2D eigenvalue weighted by atomic mass is 10.2. The number of hydrogen-bond donors (Lipinski definition) is 1. The lowest BCUT2D eigenvalue weighted by molar-refractivity contribution is -0.116. The molecule has 1 aliphatic heterocycles. The average Bonchev–Trinajstić information content (AvgIpc) is 3.09. The molecule has 0 aromatic carbocycles. The van der Waals surface area contributed by atoms with Crippen LogP contribution in [-0.2, 0) is 11.2 Å². The molecular weight excluding hydrogens is 320 g/mol. The van der Waals surface area contributed by atoms with Gasteiger partial charge in [0, 0.05) is 35.5 Å². The molecule has 0 fully saturated rings. The molecule has 0 saturated carbocycles. The molecular formula is C14H16N4O2S2. The number of hydrogen-bond acceptors (Lipinski definition) is 6. The average molecular weight is 336 g/mol. The smallest absolute Gasteiger partial charge is 0.254 e. The van der Waals surface area contributed by atoms with Gasteiger partial charge in [0.15, 0.2) is 10.3 Å². The number of nitrogens with one attached hydrogen (secondary N) is 1. The van der Waals surface area contributed by atoms with E-state index in [1.165, 1.54) is 23.1 Å². The maximum atomic E-state index is 12.3. The Morgan fingerprint density at radius 3 is 3.14 bits per heavy atom. The van der Waals surface area contributed by atoms with E-state index in [4.69, 9.17) is 0 Å². The van der Waals surface area contributed by atoms with Crippen molar-refractivity contribution < 1.29 is 4.79 Å². The summed E-state index contributed by atoms with van der Waals surface area (Å²) in [6.45, 7) is 2.06. The summed E-state index contributed by atoms with van der Waals surface area (Å²) >= 11 is 2.92. The van der Waals surface area contributed by atoms with Gasteiger partial charge in [-0.1, -0.05) is 25.1 Å². The van der Waals surface area contributed by atoms with E-state index in [1.807, 2.05) is 0 Å². The van der Waals surface area contributed by atoms with Crippen LogP contribution in [0, 0.1) is 0 Å². The molecule has 6 nitrogen and oxygen atoms in total. The van der Waals surface area contributed by atoms with E-state index in [2.05, 4.69) is 22.2 Å². The van der Waals surface area contributed by atoms with Crippen LogP contribution in [0.5, 0.6) is 0 Å². The highest BCUT2D eigenvalue weighted by atomic mass is 32.2. The minimum atomic E-state index is -0.143. The van der Waals surface area contributed by atoms with Crippen LogP contribution in [0.25, 0.3) is 0 Å². The second-order valence-corrected chi connectivity index (χ2v) is 6.92. The van der Waals surface area contributed by atoms with Gasteiger partial charge in [-0.3, -0.25) is 14.2 Å². The van der Waals surface area contributed by atoms with Crippen LogP contribution in [0.15, 0.2) is 27.6 Å². The maximum absolute atomic E-state index is 12.3. The Morgan fingerprint density at radius 1 is 1.55 bits per heavy atom. The summed E-state index contributed by atoms with van der Waals surface area (Å²) in [5.74, 6) is 0.571. The van der Waals surface area contributed by atoms with E-state index in [1.54, 1.807) is 22.2 Å². The van der Waals surface area contributed by atoms with Crippen LogP contribution >= 0.6 is 23.1 Å². The number of anilines is 1. The van der Waals surface area contributed by atoms with E-state index in [-0.39, 0.29) is 23.9 Å². The van der Waals surface area contributed by atoms with Crippen molar-refractivity contribution in [2.24, 2.45) is 0 Å². The number of nitrogens with zero attached hydrogens (tertiary/aromatic N) is 3. The van der Waals surface area contributed by atoms with Crippen LogP contribution < -0.4 is 10.9 Å². The molecule has 3 rings (SSSR count). The zero-order valence-electron chi connectivity index (χ0n) is 12.1. The second kappa shape index (κ2) is 6.62. The Balaban J connectivity index is 1.74. The predicted molar refractivity (Wildman–Crippen MR) is 87.6 cm³/mol. The van der Waals surface area contributed by atoms with E-state index in [0.717, 1.165) is 23.7 Å². The highest BCUT2D eigenvalue weighted by Crippen LogP contribution is 2.32. The molecule has 1 aliphatic rings. The van der Waals surface area contributed by atoms with E-state index >= 15 is 0 Å². The zero-order valence-corrected chi connectivity index (χ0v) is 13.7. The van der Waals surface area contributed by atoms with Crippen LogP contribution in [-0.4, -0.2) is 26.2 Å². The molecule has 22 heavy (non-hydrogen) atoms. The third kappa shape index (κ3) is 3.22. The van der Waals surface area contributed by atoms with Gasteiger partial charge in [-0.05, 0) is 6.42 Å². The number of carbonyl (C=O) groups is 1. The second-order valence-electron chi connectivity index (χ2n) is 5.04. The van der Waals surface area contributed by atoms with Gasteiger partial charge < -0.3 is 5.32 Å². The fraction of sp³-hybridized carbons (Fsp3) is 0.429. The summed E-state index contributed by atoms with van der Waals surface area (Å²) in [7, 11) is 0. The molecule has 1 amide bonds. The minimum Gasteiger partial charge on any atom is -0.302 e. The van der Waals surface area contributed by atoms with E-state index < -0.39 is 0 Å². The van der Waals surface area contributed by atoms with Crippen LogP contribution in [0.4, 0.5) is 5.13 Å². The van der Waals surface area contributed by atoms with Crippen molar-refractivity contribution in [2.45, 2.75) is 37.4 Å². The van der Waals surface area contributed by atoms with Gasteiger partial charge in [0.2, 0.25) is 5.91 Å². The molecule has 1 atom stereocenters. The van der Waals surface area contributed by atoms with Gasteiger partial charge in [0.1, 0.15) is 0 Å². The Bertz CT molecular complexity index is 727. The molecule has 2 aromatic rings. The van der Waals surface area contributed by atoms with Crippen molar-refractivity contribution in [2.75, 3.05) is 11.1 Å². The van der Waals surface area contributed by atoms with Crippen molar-refractivity contribution in [3.63, 3.8) is 0 Å². The molecule has 116 valence electrons. The van der Waals surface area contributed by atoms with Gasteiger partial charge in [0.25, 0.3) is 5.56 Å². The van der Waals surface area contributed by atoms with Crippen molar-refractivity contribution in [3.8, 4) is 0 Å². The molecule has 0 bridgehead atoms. The van der Waals surface area contributed by atoms with Crippen molar-refractivity contribution in [1.29, 1.82) is 0 Å². The number of rotatable bonds is 5. The largest absolute Gasteiger partial charge is 0.302 e. The first-order valence-electron chi connectivity index (χ1n) is 7.12. The Hall–Kier alpha value is -1.67. The fourth-order valence-electron chi connectivity index (χ4n) is 2.40. The zero-order chi connectivity index (χ0) is 15.5. The summed E-state index contributed by atoms with van der Waals surface area (Å²) in [4.78, 5) is 32.9. The Labute approximate surface area is 136 Å². The van der Waals surface area contributed by atoms with Crippen LogP contribution in [0.1, 0.15) is 31.5 Å². The predicted octanol–water partition coefficient (Wildman–Crippen LogP) is 2.33. The summed E-state index contributed by atoms with van der Waals surface area (Å²) in [6.07, 6.45) is 3.66. The summed E-state index contributed by atoms with van der Waals surface area (Å²) in [5.41, 5.74) is 0.768. The summed E-state index contributed by atoms with van der Waals surface area (Å²) in [5, 5.41) is 5.87. The SMILES string of the molecule is CCCc1cc(=O)n2c(n1)SCC2CC(=O)Nc1nccs1. The van der Waals surface area contributed by atoms with Crippen LogP contribution in [0.2, 0.25) is 0 Å².